The SMILES string of the molecule is O=C1C(Nc2ccc(N3CCCC3)cc2)=C(c2ccccc2)C(=O)N1Cc1ccccc1. The van der Waals surface area contributed by atoms with Gasteiger partial charge in [-0.25, -0.2) is 0 Å². The molecule has 5 nitrogen and oxygen atoms in total. The Balaban J connectivity index is 1.45. The molecule has 0 radical (unpaired) electrons. The van der Waals surface area contributed by atoms with Gasteiger partial charge in [-0.05, 0) is 48.2 Å². The summed E-state index contributed by atoms with van der Waals surface area (Å²) < 4.78 is 0. The molecule has 32 heavy (non-hydrogen) atoms. The zero-order chi connectivity index (χ0) is 21.9. The van der Waals surface area contributed by atoms with Gasteiger partial charge in [-0.1, -0.05) is 60.7 Å². The molecule has 0 unspecified atom stereocenters. The number of nitrogens with one attached hydrogen (secondary N) is 1. The van der Waals surface area contributed by atoms with Crippen LogP contribution in [0.3, 0.4) is 0 Å². The summed E-state index contributed by atoms with van der Waals surface area (Å²) in [5, 5.41) is 3.25. The van der Waals surface area contributed by atoms with E-state index in [2.05, 4.69) is 22.3 Å². The highest BCUT2D eigenvalue weighted by Crippen LogP contribution is 2.32. The first kappa shape index (κ1) is 20.1. The summed E-state index contributed by atoms with van der Waals surface area (Å²) in [5.41, 5.74) is 4.36. The van der Waals surface area contributed by atoms with Crippen molar-refractivity contribution in [1.29, 1.82) is 0 Å². The Morgan fingerprint density at radius 3 is 2.00 bits per heavy atom. The van der Waals surface area contributed by atoms with Gasteiger partial charge in [0.05, 0.1) is 12.1 Å². The van der Waals surface area contributed by atoms with Crippen LogP contribution in [0.25, 0.3) is 5.57 Å². The Bertz CT molecular complexity index is 1150. The van der Waals surface area contributed by atoms with Crippen LogP contribution in [0, 0.1) is 0 Å². The van der Waals surface area contributed by atoms with Gasteiger partial charge in [0.25, 0.3) is 11.8 Å². The summed E-state index contributed by atoms with van der Waals surface area (Å²) in [6, 6.07) is 27.1. The van der Waals surface area contributed by atoms with E-state index in [1.54, 1.807) is 0 Å². The van der Waals surface area contributed by atoms with Gasteiger partial charge in [-0.15, -0.1) is 0 Å². The highest BCUT2D eigenvalue weighted by molar-refractivity contribution is 6.36. The van der Waals surface area contributed by atoms with Gasteiger partial charge in [0, 0.05) is 24.5 Å². The van der Waals surface area contributed by atoms with Gasteiger partial charge < -0.3 is 10.2 Å². The lowest BCUT2D eigenvalue weighted by atomic mass is 10.0. The third kappa shape index (κ3) is 3.89. The predicted molar refractivity (Wildman–Crippen MR) is 127 cm³/mol. The van der Waals surface area contributed by atoms with E-state index < -0.39 is 0 Å². The van der Waals surface area contributed by atoms with Gasteiger partial charge >= 0.3 is 0 Å². The molecule has 2 aliphatic rings. The molecule has 3 aromatic rings. The Morgan fingerprint density at radius 1 is 0.719 bits per heavy atom. The Labute approximate surface area is 188 Å². The molecule has 0 bridgehead atoms. The number of amides is 2. The molecule has 160 valence electrons. The zero-order valence-electron chi connectivity index (χ0n) is 17.8. The van der Waals surface area contributed by atoms with Gasteiger partial charge in [-0.3, -0.25) is 14.5 Å². The standard InChI is InChI=1S/C27H25N3O2/c31-26-24(21-11-5-2-6-12-21)25(27(32)30(26)19-20-9-3-1-4-10-20)28-22-13-15-23(16-14-22)29-17-7-8-18-29/h1-6,9-16,28H,7-8,17-19H2. The van der Waals surface area contributed by atoms with Crippen LogP contribution in [0.4, 0.5) is 11.4 Å². The maximum Gasteiger partial charge on any atom is 0.278 e. The van der Waals surface area contributed by atoms with Crippen LogP contribution in [0.2, 0.25) is 0 Å². The predicted octanol–water partition coefficient (Wildman–Crippen LogP) is 4.68. The summed E-state index contributed by atoms with van der Waals surface area (Å²) >= 11 is 0. The molecule has 1 saturated heterocycles. The first-order valence-electron chi connectivity index (χ1n) is 11.0. The first-order chi connectivity index (χ1) is 15.7. The molecule has 0 aliphatic carbocycles. The third-order valence-corrected chi connectivity index (χ3v) is 6.02. The van der Waals surface area contributed by atoms with E-state index in [-0.39, 0.29) is 18.4 Å². The molecule has 5 heteroatoms. The van der Waals surface area contributed by atoms with Crippen LogP contribution < -0.4 is 10.2 Å². The van der Waals surface area contributed by atoms with E-state index in [0.717, 1.165) is 29.9 Å². The topological polar surface area (TPSA) is 52.7 Å². The number of hydrogen-bond acceptors (Lipinski definition) is 4. The monoisotopic (exact) mass is 423 g/mol. The number of carbonyl (C=O) groups is 2. The lowest BCUT2D eigenvalue weighted by molar-refractivity contribution is -0.137. The average Bonchev–Trinajstić information content (AvgIpc) is 3.45. The highest BCUT2D eigenvalue weighted by Gasteiger charge is 2.39. The molecule has 0 saturated carbocycles. The number of anilines is 2. The second-order valence-electron chi connectivity index (χ2n) is 8.16. The van der Waals surface area contributed by atoms with Crippen molar-refractivity contribution in [2.75, 3.05) is 23.3 Å². The van der Waals surface area contributed by atoms with Crippen LogP contribution in [0.1, 0.15) is 24.0 Å². The van der Waals surface area contributed by atoms with Gasteiger partial charge in [0.1, 0.15) is 5.70 Å². The summed E-state index contributed by atoms with van der Waals surface area (Å²) in [7, 11) is 0. The van der Waals surface area contributed by atoms with Crippen molar-refractivity contribution in [1.82, 2.24) is 4.90 Å². The molecular weight excluding hydrogens is 398 g/mol. The molecule has 2 heterocycles. The van der Waals surface area contributed by atoms with Crippen LogP contribution in [-0.2, 0) is 16.1 Å². The van der Waals surface area contributed by atoms with Crippen molar-refractivity contribution < 1.29 is 9.59 Å². The largest absolute Gasteiger partial charge is 0.372 e. The van der Waals surface area contributed by atoms with Crippen molar-refractivity contribution in [2.24, 2.45) is 0 Å². The minimum Gasteiger partial charge on any atom is -0.372 e. The minimum absolute atomic E-state index is 0.244. The second kappa shape index (κ2) is 8.71. The molecule has 3 aromatic carbocycles. The van der Waals surface area contributed by atoms with Gasteiger partial charge in [0.2, 0.25) is 0 Å². The van der Waals surface area contributed by atoms with Crippen LogP contribution in [0.5, 0.6) is 0 Å². The third-order valence-electron chi connectivity index (χ3n) is 6.02. The average molecular weight is 424 g/mol. The van der Waals surface area contributed by atoms with E-state index in [1.807, 2.05) is 72.8 Å². The number of nitrogens with zero attached hydrogens (tertiary/aromatic N) is 2. The van der Waals surface area contributed by atoms with Crippen molar-refractivity contribution >= 4 is 28.8 Å². The van der Waals surface area contributed by atoms with Gasteiger partial charge in [-0.2, -0.15) is 0 Å². The molecule has 5 rings (SSSR count). The highest BCUT2D eigenvalue weighted by atomic mass is 16.2. The number of benzene rings is 3. The maximum atomic E-state index is 13.4. The fourth-order valence-corrected chi connectivity index (χ4v) is 4.35. The quantitative estimate of drug-likeness (QED) is 0.585. The minimum atomic E-state index is -0.304. The molecular formula is C27H25N3O2. The molecule has 1 fully saturated rings. The van der Waals surface area contributed by atoms with Crippen LogP contribution in [0.15, 0.2) is 90.6 Å². The Hall–Kier alpha value is -3.86. The fourth-order valence-electron chi connectivity index (χ4n) is 4.35. The first-order valence-corrected chi connectivity index (χ1v) is 11.0. The number of carbonyl (C=O) groups excluding carboxylic acids is 2. The fraction of sp³-hybridized carbons (Fsp3) is 0.185. The Morgan fingerprint density at radius 2 is 1.34 bits per heavy atom. The van der Waals surface area contributed by atoms with E-state index in [1.165, 1.54) is 23.4 Å². The number of imide groups is 1. The number of hydrogen-bond donors (Lipinski definition) is 1. The Kier molecular flexibility index (Phi) is 5.46. The second-order valence-corrected chi connectivity index (χ2v) is 8.16. The van der Waals surface area contributed by atoms with E-state index in [4.69, 9.17) is 0 Å². The van der Waals surface area contributed by atoms with Crippen molar-refractivity contribution in [3.63, 3.8) is 0 Å². The van der Waals surface area contributed by atoms with Gasteiger partial charge in [0.15, 0.2) is 0 Å². The lowest BCUT2D eigenvalue weighted by Crippen LogP contribution is -2.31. The van der Waals surface area contributed by atoms with Crippen molar-refractivity contribution in [3.05, 3.63) is 102 Å². The lowest BCUT2D eigenvalue weighted by Gasteiger charge is -2.18. The summed E-state index contributed by atoms with van der Waals surface area (Å²) in [6.45, 7) is 2.41. The van der Waals surface area contributed by atoms with E-state index >= 15 is 0 Å². The zero-order valence-corrected chi connectivity index (χ0v) is 17.8. The summed E-state index contributed by atoms with van der Waals surface area (Å²) in [6.07, 6.45) is 2.45. The normalized spacial score (nSPS) is 16.2. The smallest absolute Gasteiger partial charge is 0.278 e. The summed E-state index contributed by atoms with van der Waals surface area (Å²) in [5.74, 6) is -0.581. The molecule has 1 N–H and O–H groups in total. The maximum absolute atomic E-state index is 13.4. The molecule has 0 spiro atoms. The van der Waals surface area contributed by atoms with E-state index in [9.17, 15) is 9.59 Å². The molecule has 0 aromatic heterocycles. The van der Waals surface area contributed by atoms with Crippen LogP contribution >= 0.6 is 0 Å². The molecule has 2 aliphatic heterocycles. The summed E-state index contributed by atoms with van der Waals surface area (Å²) in [4.78, 5) is 30.4. The van der Waals surface area contributed by atoms with Crippen molar-refractivity contribution in [3.8, 4) is 0 Å². The molecule has 2 amide bonds. The van der Waals surface area contributed by atoms with Crippen LogP contribution in [-0.4, -0.2) is 29.8 Å². The molecule has 0 atom stereocenters. The van der Waals surface area contributed by atoms with E-state index in [0.29, 0.717) is 11.3 Å². The number of rotatable bonds is 6. The van der Waals surface area contributed by atoms with Crippen molar-refractivity contribution in [2.45, 2.75) is 19.4 Å².